The van der Waals surface area contributed by atoms with Crippen LogP contribution in [0.25, 0.3) is 0 Å². The maximum absolute atomic E-state index is 8.80. The Morgan fingerprint density at radius 2 is 2.15 bits per heavy atom. The summed E-state index contributed by atoms with van der Waals surface area (Å²) in [4.78, 5) is 0. The second-order valence-electron chi connectivity index (χ2n) is 2.72. The Morgan fingerprint density at radius 1 is 1.46 bits per heavy atom. The summed E-state index contributed by atoms with van der Waals surface area (Å²) in [6.07, 6.45) is 0.537. The van der Waals surface area contributed by atoms with Gasteiger partial charge in [-0.3, -0.25) is 0 Å². The zero-order valence-electron chi connectivity index (χ0n) is 8.53. The molecule has 13 heavy (non-hydrogen) atoms. The van der Waals surface area contributed by atoms with Crippen LogP contribution in [0.5, 0.6) is 0 Å². The predicted molar refractivity (Wildman–Crippen MR) is 52.1 cm³/mol. The Bertz CT molecular complexity index is 155. The number of rotatable bonds is 7. The largest absolute Gasteiger partial charge is 0.390 e. The van der Waals surface area contributed by atoms with Gasteiger partial charge < -0.3 is 5.11 Å². The first kappa shape index (κ1) is 12.4. The minimum absolute atomic E-state index is 0.164. The molecule has 0 aromatic heterocycles. The first-order chi connectivity index (χ1) is 6.29. The summed E-state index contributed by atoms with van der Waals surface area (Å²) < 4.78 is 0. The molecule has 75 valence electrons. The Hall–Kier alpha value is -0.630. The number of nitriles is 1. The lowest BCUT2D eigenvalue weighted by atomic mass is 10.4. The van der Waals surface area contributed by atoms with Crippen LogP contribution in [-0.2, 0) is 0 Å². The number of hydrazine groups is 1. The average Bonchev–Trinajstić information content (AvgIpc) is 2.17. The molecule has 4 heteroatoms. The van der Waals surface area contributed by atoms with Crippen LogP contribution in [0.3, 0.4) is 0 Å². The molecule has 0 saturated heterocycles. The lowest BCUT2D eigenvalue weighted by Crippen LogP contribution is -2.49. The van der Waals surface area contributed by atoms with Crippen LogP contribution in [0, 0.1) is 11.3 Å². The third kappa shape index (κ3) is 4.83. The van der Waals surface area contributed by atoms with Gasteiger partial charge in [0.25, 0.3) is 0 Å². The van der Waals surface area contributed by atoms with Gasteiger partial charge in [0.1, 0.15) is 6.54 Å². The topological polar surface area (TPSA) is 53.2 Å². The number of aliphatic hydroxyl groups is 1. The molecule has 0 fully saturated rings. The van der Waals surface area contributed by atoms with E-state index in [9.17, 15) is 0 Å². The minimum atomic E-state index is 0.164. The SMILES string of the molecule is CCN(CCC#N)[N+](CC)CCO. The molecule has 0 aliphatic carbocycles. The van der Waals surface area contributed by atoms with Gasteiger partial charge in [-0.1, -0.05) is 5.01 Å². The Balaban J connectivity index is 3.93. The van der Waals surface area contributed by atoms with Gasteiger partial charge in [0.05, 0.1) is 32.2 Å². The summed E-state index contributed by atoms with van der Waals surface area (Å²) in [6, 6.07) is 2.12. The van der Waals surface area contributed by atoms with E-state index in [1.165, 1.54) is 0 Å². The highest BCUT2D eigenvalue weighted by molar-refractivity contribution is 4.72. The maximum atomic E-state index is 8.80. The number of nitrogens with zero attached hydrogens (tertiary/aromatic N) is 3. The van der Waals surface area contributed by atoms with Crippen LogP contribution < -0.4 is 5.01 Å². The lowest BCUT2D eigenvalue weighted by Gasteiger charge is -2.20. The summed E-state index contributed by atoms with van der Waals surface area (Å²) in [5.74, 6) is 0. The van der Waals surface area contributed by atoms with Gasteiger partial charge in [0.15, 0.2) is 6.54 Å². The van der Waals surface area contributed by atoms with Gasteiger partial charge in [-0.25, -0.2) is 0 Å². The van der Waals surface area contributed by atoms with Crippen molar-refractivity contribution in [2.75, 3.05) is 32.8 Å². The minimum Gasteiger partial charge on any atom is -0.390 e. The molecular formula is C9H19N3O+. The molecule has 0 unspecified atom stereocenters. The van der Waals surface area contributed by atoms with Crippen molar-refractivity contribution in [1.29, 1.82) is 5.26 Å². The molecule has 0 saturated carbocycles. The van der Waals surface area contributed by atoms with Crippen LogP contribution in [-0.4, -0.2) is 42.9 Å². The van der Waals surface area contributed by atoms with Crippen LogP contribution in [0.2, 0.25) is 0 Å². The highest BCUT2D eigenvalue weighted by Gasteiger charge is 2.20. The Kier molecular flexibility index (Phi) is 7.60. The third-order valence-electron chi connectivity index (χ3n) is 1.97. The normalized spacial score (nSPS) is 10.8. The van der Waals surface area contributed by atoms with E-state index in [2.05, 4.69) is 23.0 Å². The smallest absolute Gasteiger partial charge is 0.167 e. The van der Waals surface area contributed by atoms with E-state index in [-0.39, 0.29) is 6.61 Å². The number of aliphatic hydroxyl groups excluding tert-OH is 1. The van der Waals surface area contributed by atoms with Crippen molar-refractivity contribution in [2.45, 2.75) is 20.3 Å². The monoisotopic (exact) mass is 185 g/mol. The Morgan fingerprint density at radius 3 is 2.54 bits per heavy atom. The molecule has 1 N–H and O–H groups in total. The fourth-order valence-corrected chi connectivity index (χ4v) is 1.29. The highest BCUT2D eigenvalue weighted by Crippen LogP contribution is 1.95. The highest BCUT2D eigenvalue weighted by atomic mass is 16.3. The Labute approximate surface area is 80.3 Å². The molecule has 0 amide bonds. The second kappa shape index (κ2) is 7.99. The molecule has 0 heterocycles. The van der Waals surface area contributed by atoms with Crippen molar-refractivity contribution < 1.29 is 5.11 Å². The van der Waals surface area contributed by atoms with E-state index in [0.717, 1.165) is 19.6 Å². The molecule has 0 rings (SSSR count). The molecule has 0 aromatic rings. The van der Waals surface area contributed by atoms with Crippen molar-refractivity contribution in [2.24, 2.45) is 0 Å². The van der Waals surface area contributed by atoms with Gasteiger partial charge in [-0.2, -0.15) is 5.26 Å². The van der Waals surface area contributed by atoms with Gasteiger partial charge in [0.2, 0.25) is 0 Å². The van der Waals surface area contributed by atoms with Crippen LogP contribution in [0.15, 0.2) is 0 Å². The van der Waals surface area contributed by atoms with Gasteiger partial charge in [0, 0.05) is 0 Å². The predicted octanol–water partition coefficient (Wildman–Crippen LogP) is 0.289. The van der Waals surface area contributed by atoms with Crippen molar-refractivity contribution in [3.63, 3.8) is 0 Å². The van der Waals surface area contributed by atoms with Crippen LogP contribution in [0.1, 0.15) is 20.3 Å². The zero-order chi connectivity index (χ0) is 10.1. The van der Waals surface area contributed by atoms with Crippen molar-refractivity contribution in [3.8, 4) is 6.07 Å². The fourth-order valence-electron chi connectivity index (χ4n) is 1.29. The third-order valence-corrected chi connectivity index (χ3v) is 1.97. The number of likely N-dealkylation sites (N-methyl/N-ethyl adjacent to an activating group) is 1. The number of hydrogen-bond acceptors (Lipinski definition) is 4. The molecule has 0 aliphatic heterocycles. The zero-order valence-corrected chi connectivity index (χ0v) is 8.53. The van der Waals surface area contributed by atoms with E-state index in [4.69, 9.17) is 10.4 Å². The summed E-state index contributed by atoms with van der Waals surface area (Å²) in [6.45, 7) is 7.42. The summed E-state index contributed by atoms with van der Waals surface area (Å²) in [5.41, 5.74) is 0. The van der Waals surface area contributed by atoms with Crippen LogP contribution in [0.4, 0.5) is 0 Å². The van der Waals surface area contributed by atoms with E-state index in [0.29, 0.717) is 13.0 Å². The van der Waals surface area contributed by atoms with Gasteiger partial charge >= 0.3 is 0 Å². The molecule has 4 nitrogen and oxygen atoms in total. The standard InChI is InChI=1S/C9H19N3O/c1-3-11(7-5-6-10)12(4-2)8-9-13/h13H,3-5,7-9H2,1-2H3/q+1. The molecular weight excluding hydrogens is 166 g/mol. The molecule has 0 atom stereocenters. The summed E-state index contributed by atoms with van der Waals surface area (Å²) in [5, 5.41) is 21.4. The molecule has 0 aromatic carbocycles. The van der Waals surface area contributed by atoms with Gasteiger partial charge in [-0.05, 0) is 13.8 Å². The van der Waals surface area contributed by atoms with E-state index >= 15 is 0 Å². The maximum Gasteiger partial charge on any atom is 0.167 e. The van der Waals surface area contributed by atoms with E-state index < -0.39 is 0 Å². The quantitative estimate of drug-likeness (QED) is 0.458. The average molecular weight is 185 g/mol. The van der Waals surface area contributed by atoms with E-state index in [1.807, 2.05) is 6.92 Å². The van der Waals surface area contributed by atoms with Gasteiger partial charge in [-0.15, -0.1) is 5.01 Å². The van der Waals surface area contributed by atoms with Crippen molar-refractivity contribution in [1.82, 2.24) is 10.0 Å². The molecule has 0 bridgehead atoms. The first-order valence-corrected chi connectivity index (χ1v) is 4.77. The lowest BCUT2D eigenvalue weighted by molar-refractivity contribution is 0.0635. The first-order valence-electron chi connectivity index (χ1n) is 4.77. The summed E-state index contributed by atoms with van der Waals surface area (Å²) in [7, 11) is 0. The van der Waals surface area contributed by atoms with Crippen molar-refractivity contribution in [3.05, 3.63) is 0 Å². The fraction of sp³-hybridized carbons (Fsp3) is 0.889. The molecule has 0 aliphatic rings. The number of hydrogen-bond donors (Lipinski definition) is 1. The van der Waals surface area contributed by atoms with Crippen molar-refractivity contribution >= 4 is 0 Å². The summed E-state index contributed by atoms with van der Waals surface area (Å²) >= 11 is 0. The van der Waals surface area contributed by atoms with Crippen LogP contribution >= 0.6 is 0 Å². The second-order valence-corrected chi connectivity index (χ2v) is 2.72. The molecule has 1 radical (unpaired) electrons. The van der Waals surface area contributed by atoms with E-state index in [1.54, 1.807) is 0 Å². The molecule has 0 spiro atoms.